The molecule has 0 saturated carbocycles. The normalized spacial score (nSPS) is 23.1. The molecule has 29 heavy (non-hydrogen) atoms. The summed E-state index contributed by atoms with van der Waals surface area (Å²) in [5.74, 6) is 0.759. The molecule has 0 spiro atoms. The van der Waals surface area contributed by atoms with E-state index in [-0.39, 0.29) is 0 Å². The molecule has 0 radical (unpaired) electrons. The Morgan fingerprint density at radius 1 is 1.17 bits per heavy atom. The molecule has 0 aromatic rings. The molecule has 4 heteroatoms. The summed E-state index contributed by atoms with van der Waals surface area (Å²) in [6.07, 6.45) is 10.5. The van der Waals surface area contributed by atoms with Gasteiger partial charge in [-0.15, -0.1) is 0 Å². The Balaban J connectivity index is 2.95. The number of rotatable bonds is 11. The van der Waals surface area contributed by atoms with Gasteiger partial charge in [0, 0.05) is 11.6 Å². The summed E-state index contributed by atoms with van der Waals surface area (Å²) in [6, 6.07) is 0. The summed E-state index contributed by atoms with van der Waals surface area (Å²) in [6.45, 7) is 18.0. The summed E-state index contributed by atoms with van der Waals surface area (Å²) < 4.78 is 0. The molecule has 0 aromatic carbocycles. The van der Waals surface area contributed by atoms with E-state index in [4.69, 9.17) is 0 Å². The minimum Gasteiger partial charge on any atom is -0.390 e. The third kappa shape index (κ3) is 7.46. The first kappa shape index (κ1) is 25.2. The number of allylic oxidation sites excluding steroid dienone is 8. The van der Waals surface area contributed by atoms with E-state index >= 15 is 0 Å². The summed E-state index contributed by atoms with van der Waals surface area (Å²) in [5.41, 5.74) is 3.12. The Bertz CT molecular complexity index is 672. The molecule has 6 atom stereocenters. The molecule has 0 bridgehead atoms. The molecule has 0 aliphatic heterocycles. The summed E-state index contributed by atoms with van der Waals surface area (Å²) in [5, 5.41) is 33.9. The molecule has 0 aromatic heterocycles. The molecule has 4 nitrogen and oxygen atoms in total. The average Bonchev–Trinajstić information content (AvgIpc) is 2.70. The van der Waals surface area contributed by atoms with Crippen LogP contribution >= 0.6 is 0 Å². The van der Waals surface area contributed by atoms with Crippen molar-refractivity contribution >= 4 is 0 Å². The Morgan fingerprint density at radius 3 is 2.38 bits per heavy atom. The molecule has 2 unspecified atom stereocenters. The van der Waals surface area contributed by atoms with Gasteiger partial charge in [-0.25, -0.2) is 0 Å². The molecule has 0 saturated heterocycles. The van der Waals surface area contributed by atoms with Gasteiger partial charge in [0.05, 0.1) is 12.2 Å². The Morgan fingerprint density at radius 2 is 1.83 bits per heavy atom. The van der Waals surface area contributed by atoms with Crippen LogP contribution in [0.3, 0.4) is 0 Å². The summed E-state index contributed by atoms with van der Waals surface area (Å²) in [7, 11) is 0. The van der Waals surface area contributed by atoms with Crippen LogP contribution in [-0.2, 0) is 0 Å². The lowest BCUT2D eigenvalue weighted by Gasteiger charge is -2.30. The maximum atomic E-state index is 10.5. The van der Waals surface area contributed by atoms with Gasteiger partial charge in [0.1, 0.15) is 6.23 Å². The van der Waals surface area contributed by atoms with Crippen LogP contribution in [-0.4, -0.2) is 33.8 Å². The second kappa shape index (κ2) is 12.0. The van der Waals surface area contributed by atoms with Gasteiger partial charge in [0.15, 0.2) is 0 Å². The standard InChI is InChI=1S/C25H39NO3/c1-8-10-11-23(27)24(28)19(7)25(29)26-21-13-12-17(5)22(15-21)20(9-2)14-18(6)16(3)4/h8-11,13-19,23-29H,1-2,12H2,3-7H3/b11-10-,20-14+/t17-,18-,19?,23?,24+,25-/m0/s1. The largest absolute Gasteiger partial charge is 0.390 e. The molecule has 1 rings (SSSR count). The zero-order valence-electron chi connectivity index (χ0n) is 18.5. The van der Waals surface area contributed by atoms with Crippen LogP contribution in [0.5, 0.6) is 0 Å². The van der Waals surface area contributed by atoms with E-state index < -0.39 is 24.4 Å². The van der Waals surface area contributed by atoms with Crippen molar-refractivity contribution in [2.75, 3.05) is 0 Å². The van der Waals surface area contributed by atoms with Crippen LogP contribution in [0.2, 0.25) is 0 Å². The smallest absolute Gasteiger partial charge is 0.129 e. The number of nitrogens with one attached hydrogen (secondary N) is 1. The summed E-state index contributed by atoms with van der Waals surface area (Å²) >= 11 is 0. The average molecular weight is 402 g/mol. The quantitative estimate of drug-likeness (QED) is 0.308. The highest BCUT2D eigenvalue weighted by molar-refractivity contribution is 5.46. The zero-order valence-corrected chi connectivity index (χ0v) is 18.5. The van der Waals surface area contributed by atoms with Gasteiger partial charge in [-0.05, 0) is 41.4 Å². The number of aliphatic hydroxyl groups excluding tert-OH is 3. The van der Waals surface area contributed by atoms with Crippen LogP contribution in [0.1, 0.15) is 41.0 Å². The molecule has 0 fully saturated rings. The van der Waals surface area contributed by atoms with Crippen molar-refractivity contribution in [3.63, 3.8) is 0 Å². The van der Waals surface area contributed by atoms with Crippen LogP contribution < -0.4 is 5.32 Å². The Hall–Kier alpha value is -1.88. The van der Waals surface area contributed by atoms with Gasteiger partial charge >= 0.3 is 0 Å². The first-order valence-corrected chi connectivity index (χ1v) is 10.5. The van der Waals surface area contributed by atoms with Crippen molar-refractivity contribution < 1.29 is 15.3 Å². The van der Waals surface area contributed by atoms with E-state index in [0.29, 0.717) is 17.8 Å². The Labute approximate surface area is 176 Å². The molecular formula is C25H39NO3. The van der Waals surface area contributed by atoms with Gasteiger partial charge in [-0.2, -0.15) is 0 Å². The number of hydrogen-bond donors (Lipinski definition) is 4. The number of hydrogen-bond acceptors (Lipinski definition) is 4. The molecule has 1 aliphatic carbocycles. The van der Waals surface area contributed by atoms with Crippen molar-refractivity contribution in [1.29, 1.82) is 0 Å². The fourth-order valence-electron chi connectivity index (χ4n) is 3.13. The van der Waals surface area contributed by atoms with Crippen molar-refractivity contribution in [3.8, 4) is 0 Å². The third-order valence-corrected chi connectivity index (χ3v) is 5.73. The highest BCUT2D eigenvalue weighted by Gasteiger charge is 2.28. The zero-order chi connectivity index (χ0) is 22.1. The maximum Gasteiger partial charge on any atom is 0.129 e. The highest BCUT2D eigenvalue weighted by Crippen LogP contribution is 2.31. The second-order valence-electron chi connectivity index (χ2n) is 8.38. The van der Waals surface area contributed by atoms with Crippen LogP contribution in [0.15, 0.2) is 72.5 Å². The van der Waals surface area contributed by atoms with E-state index in [1.165, 1.54) is 17.7 Å². The molecule has 162 valence electrons. The van der Waals surface area contributed by atoms with Crippen molar-refractivity contribution in [2.45, 2.75) is 59.5 Å². The van der Waals surface area contributed by atoms with E-state index in [9.17, 15) is 15.3 Å². The van der Waals surface area contributed by atoms with Crippen molar-refractivity contribution in [3.05, 3.63) is 72.5 Å². The van der Waals surface area contributed by atoms with Gasteiger partial charge < -0.3 is 20.6 Å². The van der Waals surface area contributed by atoms with Crippen LogP contribution in [0.25, 0.3) is 0 Å². The van der Waals surface area contributed by atoms with Crippen LogP contribution in [0.4, 0.5) is 0 Å². The number of aliphatic hydroxyl groups is 3. The molecule has 4 N–H and O–H groups in total. The SMILES string of the molecule is C=C/C=C\C(O)[C@H](O)C(C)[C@H](O)NC1=CC[C@H](C)C(/C(C=C)=C/[C@H](C)C(C)C)=C1. The first-order chi connectivity index (χ1) is 13.6. The first-order valence-electron chi connectivity index (χ1n) is 10.5. The third-order valence-electron chi connectivity index (χ3n) is 5.73. The predicted molar refractivity (Wildman–Crippen MR) is 122 cm³/mol. The van der Waals surface area contributed by atoms with Gasteiger partial charge in [-0.1, -0.05) is 84.2 Å². The van der Waals surface area contributed by atoms with Gasteiger partial charge in [-0.3, -0.25) is 0 Å². The lowest BCUT2D eigenvalue weighted by Crippen LogP contribution is -2.44. The minimum absolute atomic E-state index is 0.357. The van der Waals surface area contributed by atoms with E-state index in [0.717, 1.165) is 17.7 Å². The minimum atomic E-state index is -1.10. The van der Waals surface area contributed by atoms with Gasteiger partial charge in [0.25, 0.3) is 0 Å². The molecule has 0 heterocycles. The molecular weight excluding hydrogens is 362 g/mol. The monoisotopic (exact) mass is 401 g/mol. The van der Waals surface area contributed by atoms with Crippen molar-refractivity contribution in [1.82, 2.24) is 5.32 Å². The highest BCUT2D eigenvalue weighted by atomic mass is 16.3. The Kier molecular flexibility index (Phi) is 10.4. The fourth-order valence-corrected chi connectivity index (χ4v) is 3.13. The van der Waals surface area contributed by atoms with Gasteiger partial charge in [0.2, 0.25) is 0 Å². The van der Waals surface area contributed by atoms with E-state index in [1.807, 2.05) is 12.2 Å². The van der Waals surface area contributed by atoms with E-state index in [2.05, 4.69) is 58.3 Å². The summed E-state index contributed by atoms with van der Waals surface area (Å²) in [4.78, 5) is 0. The molecule has 1 aliphatic rings. The maximum absolute atomic E-state index is 10.5. The second-order valence-corrected chi connectivity index (χ2v) is 8.38. The molecule has 0 amide bonds. The van der Waals surface area contributed by atoms with Crippen molar-refractivity contribution in [2.24, 2.45) is 23.7 Å². The predicted octanol–water partition coefficient (Wildman–Crippen LogP) is 4.25. The van der Waals surface area contributed by atoms with Crippen LogP contribution in [0, 0.1) is 23.7 Å². The topological polar surface area (TPSA) is 72.7 Å². The fraction of sp³-hybridized carbons (Fsp3) is 0.520. The lowest BCUT2D eigenvalue weighted by molar-refractivity contribution is -0.0405. The van der Waals surface area contributed by atoms with E-state index in [1.54, 1.807) is 13.0 Å². The lowest BCUT2D eigenvalue weighted by atomic mass is 9.84.